The van der Waals surface area contributed by atoms with E-state index >= 15 is 0 Å². The van der Waals surface area contributed by atoms with E-state index in [1.54, 1.807) is 4.90 Å². The number of nitrogens with one attached hydrogen (secondary N) is 1. The monoisotopic (exact) mass is 212 g/mol. The molecular formula is C12H24N2O. The Hall–Kier alpha value is -0.570. The summed E-state index contributed by atoms with van der Waals surface area (Å²) in [6.07, 6.45) is 3.75. The van der Waals surface area contributed by atoms with Gasteiger partial charge in [0.2, 0.25) is 5.91 Å². The van der Waals surface area contributed by atoms with E-state index in [2.05, 4.69) is 19.2 Å². The Balaban J connectivity index is 2.34. The van der Waals surface area contributed by atoms with Crippen molar-refractivity contribution in [2.45, 2.75) is 46.1 Å². The van der Waals surface area contributed by atoms with Crippen LogP contribution in [0.25, 0.3) is 0 Å². The van der Waals surface area contributed by atoms with Gasteiger partial charge in [-0.15, -0.1) is 0 Å². The molecule has 3 heteroatoms. The summed E-state index contributed by atoms with van der Waals surface area (Å²) in [4.78, 5) is 13.4. The lowest BCUT2D eigenvalue weighted by Crippen LogP contribution is -2.44. The summed E-state index contributed by atoms with van der Waals surface area (Å²) in [5.41, 5.74) is 0.352. The van der Waals surface area contributed by atoms with Crippen LogP contribution in [0.5, 0.6) is 0 Å². The van der Waals surface area contributed by atoms with E-state index < -0.39 is 0 Å². The maximum atomic E-state index is 11.6. The van der Waals surface area contributed by atoms with Crippen molar-refractivity contribution in [1.82, 2.24) is 10.2 Å². The van der Waals surface area contributed by atoms with Crippen molar-refractivity contribution in [2.75, 3.05) is 20.1 Å². The van der Waals surface area contributed by atoms with Gasteiger partial charge in [-0.3, -0.25) is 4.79 Å². The highest BCUT2D eigenvalue weighted by Crippen LogP contribution is 2.36. The number of amides is 1. The van der Waals surface area contributed by atoms with Crippen LogP contribution >= 0.6 is 0 Å². The smallest absolute Gasteiger partial charge is 0.236 e. The predicted molar refractivity (Wildman–Crippen MR) is 62.7 cm³/mol. The van der Waals surface area contributed by atoms with Crippen LogP contribution in [0.2, 0.25) is 0 Å². The van der Waals surface area contributed by atoms with Crippen LogP contribution in [0, 0.1) is 5.41 Å². The molecule has 1 aliphatic rings. The number of rotatable bonds is 4. The van der Waals surface area contributed by atoms with Gasteiger partial charge in [-0.2, -0.15) is 0 Å². The lowest BCUT2D eigenvalue weighted by molar-refractivity contribution is -0.128. The van der Waals surface area contributed by atoms with E-state index in [-0.39, 0.29) is 5.91 Å². The SMILES string of the molecule is CCN(C)C(=O)CNC1CCCC1(C)C. The summed E-state index contributed by atoms with van der Waals surface area (Å²) in [6.45, 7) is 7.84. The van der Waals surface area contributed by atoms with Gasteiger partial charge in [-0.05, 0) is 25.2 Å². The second kappa shape index (κ2) is 4.97. The standard InChI is InChI=1S/C12H24N2O/c1-5-14(4)11(15)9-13-10-7-6-8-12(10,2)3/h10,13H,5-9H2,1-4H3. The second-order valence-corrected chi connectivity index (χ2v) is 5.22. The Morgan fingerprint density at radius 3 is 2.67 bits per heavy atom. The molecule has 0 heterocycles. The molecular weight excluding hydrogens is 188 g/mol. The van der Waals surface area contributed by atoms with Gasteiger partial charge in [0.15, 0.2) is 0 Å². The molecule has 0 aromatic heterocycles. The highest BCUT2D eigenvalue weighted by Gasteiger charge is 2.34. The average molecular weight is 212 g/mol. The Morgan fingerprint density at radius 1 is 1.53 bits per heavy atom. The molecule has 0 radical (unpaired) electrons. The number of hydrogen-bond donors (Lipinski definition) is 1. The maximum absolute atomic E-state index is 11.6. The van der Waals surface area contributed by atoms with E-state index in [1.807, 2.05) is 14.0 Å². The quantitative estimate of drug-likeness (QED) is 0.768. The highest BCUT2D eigenvalue weighted by atomic mass is 16.2. The molecule has 1 saturated carbocycles. The summed E-state index contributed by atoms with van der Waals surface area (Å²) in [7, 11) is 1.85. The fourth-order valence-corrected chi connectivity index (χ4v) is 2.23. The van der Waals surface area contributed by atoms with Gasteiger partial charge < -0.3 is 10.2 Å². The van der Waals surface area contributed by atoms with Crippen molar-refractivity contribution in [3.05, 3.63) is 0 Å². The van der Waals surface area contributed by atoms with E-state index in [4.69, 9.17) is 0 Å². The maximum Gasteiger partial charge on any atom is 0.236 e. The Kier molecular flexibility index (Phi) is 4.14. The summed E-state index contributed by atoms with van der Waals surface area (Å²) in [5.74, 6) is 0.195. The molecule has 3 nitrogen and oxygen atoms in total. The summed E-state index contributed by atoms with van der Waals surface area (Å²) in [5, 5.41) is 3.40. The highest BCUT2D eigenvalue weighted by molar-refractivity contribution is 5.77. The third-order valence-electron chi connectivity index (χ3n) is 3.66. The minimum Gasteiger partial charge on any atom is -0.345 e. The van der Waals surface area contributed by atoms with Crippen LogP contribution < -0.4 is 5.32 Å². The van der Waals surface area contributed by atoms with E-state index in [1.165, 1.54) is 19.3 Å². The molecule has 1 N–H and O–H groups in total. The first-order valence-corrected chi connectivity index (χ1v) is 5.94. The minimum absolute atomic E-state index is 0.195. The van der Waals surface area contributed by atoms with E-state index in [9.17, 15) is 4.79 Å². The first-order chi connectivity index (χ1) is 6.97. The molecule has 1 aliphatic carbocycles. The van der Waals surface area contributed by atoms with Crippen molar-refractivity contribution in [1.29, 1.82) is 0 Å². The second-order valence-electron chi connectivity index (χ2n) is 5.22. The van der Waals surface area contributed by atoms with Gasteiger partial charge in [0.1, 0.15) is 0 Å². The fraction of sp³-hybridized carbons (Fsp3) is 0.917. The van der Waals surface area contributed by atoms with Gasteiger partial charge in [-0.25, -0.2) is 0 Å². The molecule has 1 fully saturated rings. The third-order valence-corrected chi connectivity index (χ3v) is 3.66. The predicted octanol–water partition coefficient (Wildman–Crippen LogP) is 1.63. The van der Waals surface area contributed by atoms with Crippen LogP contribution in [-0.2, 0) is 4.79 Å². The zero-order valence-corrected chi connectivity index (χ0v) is 10.5. The molecule has 0 aromatic rings. The summed E-state index contributed by atoms with van der Waals surface area (Å²) in [6, 6.07) is 0.506. The summed E-state index contributed by atoms with van der Waals surface area (Å²) >= 11 is 0. The lowest BCUT2D eigenvalue weighted by atomic mass is 9.87. The van der Waals surface area contributed by atoms with Crippen LogP contribution in [0.15, 0.2) is 0 Å². The van der Waals surface area contributed by atoms with Gasteiger partial charge in [0, 0.05) is 19.6 Å². The number of carbonyl (C=O) groups excluding carboxylic acids is 1. The van der Waals surface area contributed by atoms with Gasteiger partial charge in [-0.1, -0.05) is 20.3 Å². The number of hydrogen-bond acceptors (Lipinski definition) is 2. The molecule has 0 bridgehead atoms. The summed E-state index contributed by atoms with van der Waals surface area (Å²) < 4.78 is 0. The molecule has 1 rings (SSSR count). The van der Waals surface area contributed by atoms with Crippen molar-refractivity contribution >= 4 is 5.91 Å². The molecule has 0 spiro atoms. The largest absolute Gasteiger partial charge is 0.345 e. The lowest BCUT2D eigenvalue weighted by Gasteiger charge is -2.28. The Labute approximate surface area is 93.2 Å². The van der Waals surface area contributed by atoms with Gasteiger partial charge in [0.05, 0.1) is 6.54 Å². The number of likely N-dealkylation sites (N-methyl/N-ethyl adjacent to an activating group) is 1. The Bertz CT molecular complexity index is 226. The zero-order chi connectivity index (χ0) is 11.5. The molecule has 1 atom stereocenters. The third kappa shape index (κ3) is 3.20. The van der Waals surface area contributed by atoms with Crippen molar-refractivity contribution in [3.63, 3.8) is 0 Å². The number of carbonyl (C=O) groups is 1. The molecule has 0 saturated heterocycles. The zero-order valence-electron chi connectivity index (χ0n) is 10.5. The molecule has 0 aromatic carbocycles. The number of nitrogens with zero attached hydrogens (tertiary/aromatic N) is 1. The topological polar surface area (TPSA) is 32.3 Å². The molecule has 1 amide bonds. The van der Waals surface area contributed by atoms with Crippen LogP contribution in [0.1, 0.15) is 40.0 Å². The molecule has 15 heavy (non-hydrogen) atoms. The van der Waals surface area contributed by atoms with Crippen LogP contribution in [0.3, 0.4) is 0 Å². The van der Waals surface area contributed by atoms with Gasteiger partial charge >= 0.3 is 0 Å². The van der Waals surface area contributed by atoms with Crippen molar-refractivity contribution in [2.24, 2.45) is 5.41 Å². The first kappa shape index (κ1) is 12.5. The minimum atomic E-state index is 0.195. The molecule has 1 unspecified atom stereocenters. The van der Waals surface area contributed by atoms with Crippen LogP contribution in [0.4, 0.5) is 0 Å². The molecule has 88 valence electrons. The normalized spacial score (nSPS) is 24.1. The Morgan fingerprint density at radius 2 is 2.20 bits per heavy atom. The average Bonchev–Trinajstić information content (AvgIpc) is 2.53. The van der Waals surface area contributed by atoms with Crippen molar-refractivity contribution in [3.8, 4) is 0 Å². The van der Waals surface area contributed by atoms with E-state index in [0.717, 1.165) is 6.54 Å². The molecule has 0 aliphatic heterocycles. The van der Waals surface area contributed by atoms with Gasteiger partial charge in [0.25, 0.3) is 0 Å². The van der Waals surface area contributed by atoms with Crippen molar-refractivity contribution < 1.29 is 4.79 Å². The first-order valence-electron chi connectivity index (χ1n) is 5.94. The van der Waals surface area contributed by atoms with Crippen LogP contribution in [-0.4, -0.2) is 37.0 Å². The fourth-order valence-electron chi connectivity index (χ4n) is 2.23. The van der Waals surface area contributed by atoms with E-state index in [0.29, 0.717) is 18.0 Å².